The van der Waals surface area contributed by atoms with Crippen molar-refractivity contribution in [1.82, 2.24) is 4.90 Å². The van der Waals surface area contributed by atoms with Gasteiger partial charge in [0.25, 0.3) is 5.91 Å². The largest absolute Gasteiger partial charge is 0.503 e. The fourth-order valence-electron chi connectivity index (χ4n) is 4.82. The molecule has 5 rings (SSSR count). The van der Waals surface area contributed by atoms with Crippen molar-refractivity contribution in [1.29, 1.82) is 0 Å². The first-order valence-corrected chi connectivity index (χ1v) is 11.8. The summed E-state index contributed by atoms with van der Waals surface area (Å²) in [6.45, 7) is 1.95. The fourth-order valence-corrected chi connectivity index (χ4v) is 6.07. The van der Waals surface area contributed by atoms with Crippen LogP contribution in [-0.2, 0) is 4.79 Å². The van der Waals surface area contributed by atoms with Crippen molar-refractivity contribution in [2.24, 2.45) is 0 Å². The molecule has 1 unspecified atom stereocenters. The van der Waals surface area contributed by atoms with Crippen LogP contribution in [0.4, 0.5) is 0 Å². The number of hydrogen-bond acceptors (Lipinski definition) is 6. The van der Waals surface area contributed by atoms with Crippen molar-refractivity contribution < 1.29 is 23.8 Å². The van der Waals surface area contributed by atoms with E-state index in [0.717, 1.165) is 36.1 Å². The first-order chi connectivity index (χ1) is 15.4. The molecule has 0 bridgehead atoms. The van der Waals surface area contributed by atoms with Crippen molar-refractivity contribution >= 4 is 45.6 Å². The van der Waals surface area contributed by atoms with Gasteiger partial charge in [-0.1, -0.05) is 24.4 Å². The second-order valence-electron chi connectivity index (χ2n) is 8.25. The van der Waals surface area contributed by atoms with Crippen LogP contribution in [0.2, 0.25) is 5.02 Å². The summed E-state index contributed by atoms with van der Waals surface area (Å²) >= 11 is 7.64. The summed E-state index contributed by atoms with van der Waals surface area (Å²) < 4.78 is 11.2. The number of methoxy groups -OCH3 is 1. The SMILES string of the molecule is COc1cc(Cl)cc2cc(C(=O)C3=C(O)C(=O)N(C4CCCC4)C3c3sccc3C)oc12. The molecule has 1 aromatic carbocycles. The van der Waals surface area contributed by atoms with E-state index in [4.69, 9.17) is 20.8 Å². The summed E-state index contributed by atoms with van der Waals surface area (Å²) in [5.41, 5.74) is 1.44. The van der Waals surface area contributed by atoms with Gasteiger partial charge >= 0.3 is 0 Å². The van der Waals surface area contributed by atoms with Gasteiger partial charge in [-0.05, 0) is 48.9 Å². The third kappa shape index (κ3) is 3.22. The zero-order chi connectivity index (χ0) is 22.6. The van der Waals surface area contributed by atoms with Crippen LogP contribution in [0.1, 0.15) is 52.7 Å². The average molecular weight is 472 g/mol. The molecule has 0 spiro atoms. The van der Waals surface area contributed by atoms with Gasteiger partial charge in [-0.25, -0.2) is 0 Å². The Hall–Kier alpha value is -2.77. The molecule has 6 nitrogen and oxygen atoms in total. The van der Waals surface area contributed by atoms with Crippen molar-refractivity contribution in [2.75, 3.05) is 7.11 Å². The van der Waals surface area contributed by atoms with E-state index in [0.29, 0.717) is 21.7 Å². The lowest BCUT2D eigenvalue weighted by Gasteiger charge is -2.31. The summed E-state index contributed by atoms with van der Waals surface area (Å²) in [6, 6.07) is 6.19. The minimum Gasteiger partial charge on any atom is -0.503 e. The van der Waals surface area contributed by atoms with Crippen molar-refractivity contribution in [3.05, 3.63) is 62.2 Å². The Kier molecular flexibility index (Phi) is 5.26. The van der Waals surface area contributed by atoms with E-state index in [1.807, 2.05) is 18.4 Å². The van der Waals surface area contributed by atoms with E-state index in [1.165, 1.54) is 18.4 Å². The number of aryl methyl sites for hydroxylation is 1. The highest BCUT2D eigenvalue weighted by molar-refractivity contribution is 7.10. The van der Waals surface area contributed by atoms with Crippen molar-refractivity contribution in [3.8, 4) is 5.75 Å². The summed E-state index contributed by atoms with van der Waals surface area (Å²) in [4.78, 5) is 29.4. The van der Waals surface area contributed by atoms with Crippen LogP contribution in [0.5, 0.6) is 5.75 Å². The molecular formula is C24H22ClNO5S. The molecule has 3 aromatic rings. The number of aliphatic hydroxyl groups is 1. The summed E-state index contributed by atoms with van der Waals surface area (Å²) in [6.07, 6.45) is 3.78. The van der Waals surface area contributed by atoms with Gasteiger partial charge in [0.05, 0.1) is 12.7 Å². The first kappa shape index (κ1) is 21.1. The zero-order valence-electron chi connectivity index (χ0n) is 17.7. The molecule has 8 heteroatoms. The molecule has 2 aliphatic rings. The highest BCUT2D eigenvalue weighted by atomic mass is 35.5. The second kappa shape index (κ2) is 7.98. The number of furan rings is 1. The normalized spacial score (nSPS) is 19.5. The quantitative estimate of drug-likeness (QED) is 0.462. The minimum absolute atomic E-state index is 0.00368. The van der Waals surface area contributed by atoms with Crippen LogP contribution in [0.3, 0.4) is 0 Å². The van der Waals surface area contributed by atoms with E-state index in [9.17, 15) is 14.7 Å². The van der Waals surface area contributed by atoms with Crippen LogP contribution in [0.15, 0.2) is 45.4 Å². The topological polar surface area (TPSA) is 80.0 Å². The van der Waals surface area contributed by atoms with Crippen LogP contribution in [0, 0.1) is 6.92 Å². The number of ether oxygens (including phenoxy) is 1. The predicted octanol–water partition coefficient (Wildman–Crippen LogP) is 5.99. The Morgan fingerprint density at radius 3 is 2.69 bits per heavy atom. The molecule has 1 aliphatic heterocycles. The van der Waals surface area contributed by atoms with Crippen LogP contribution < -0.4 is 4.74 Å². The predicted molar refractivity (Wildman–Crippen MR) is 123 cm³/mol. The molecule has 32 heavy (non-hydrogen) atoms. The Balaban J connectivity index is 1.63. The number of aliphatic hydroxyl groups excluding tert-OH is 1. The molecule has 1 atom stereocenters. The van der Waals surface area contributed by atoms with Crippen LogP contribution >= 0.6 is 22.9 Å². The number of rotatable bonds is 5. The molecule has 1 aliphatic carbocycles. The lowest BCUT2D eigenvalue weighted by molar-refractivity contribution is -0.131. The van der Waals surface area contributed by atoms with Gasteiger partial charge < -0.3 is 19.2 Å². The lowest BCUT2D eigenvalue weighted by atomic mass is 9.97. The number of ketones is 1. The number of halogens is 1. The molecule has 166 valence electrons. The number of fused-ring (bicyclic) bond motifs is 1. The average Bonchev–Trinajstić information content (AvgIpc) is 3.55. The number of Topliss-reactive ketones (excluding diaryl/α,β-unsaturated/α-hetero) is 1. The standard InChI is InChI=1S/C24H22ClNO5S/c1-12-7-8-32-23(12)19-18(21(28)24(29)26(19)15-5-3-4-6-15)20(27)16-10-13-9-14(25)11-17(30-2)22(13)31-16/h7-11,15,19,28H,3-6H2,1-2H3. The highest BCUT2D eigenvalue weighted by Crippen LogP contribution is 2.46. The number of carbonyl (C=O) groups is 2. The van der Waals surface area contributed by atoms with Gasteiger partial charge in [0.15, 0.2) is 22.9 Å². The van der Waals surface area contributed by atoms with E-state index in [1.54, 1.807) is 23.1 Å². The maximum Gasteiger partial charge on any atom is 0.290 e. The van der Waals surface area contributed by atoms with E-state index < -0.39 is 23.5 Å². The highest BCUT2D eigenvalue weighted by Gasteiger charge is 2.48. The Morgan fingerprint density at radius 1 is 1.28 bits per heavy atom. The number of carbonyl (C=O) groups excluding carboxylic acids is 2. The smallest absolute Gasteiger partial charge is 0.290 e. The molecular weight excluding hydrogens is 450 g/mol. The molecule has 1 amide bonds. The maximum atomic E-state index is 13.7. The van der Waals surface area contributed by atoms with Crippen LogP contribution in [0.25, 0.3) is 11.0 Å². The molecule has 2 aromatic heterocycles. The number of nitrogens with zero attached hydrogens (tertiary/aromatic N) is 1. The lowest BCUT2D eigenvalue weighted by Crippen LogP contribution is -2.38. The van der Waals surface area contributed by atoms with E-state index in [2.05, 4.69) is 0 Å². The van der Waals surface area contributed by atoms with Gasteiger partial charge in [-0.15, -0.1) is 11.3 Å². The molecule has 0 radical (unpaired) electrons. The van der Waals surface area contributed by atoms with Gasteiger partial charge in [-0.2, -0.15) is 0 Å². The monoisotopic (exact) mass is 471 g/mol. The Bertz CT molecular complexity index is 1270. The van der Waals surface area contributed by atoms with E-state index >= 15 is 0 Å². The minimum atomic E-state index is -0.628. The maximum absolute atomic E-state index is 13.7. The molecule has 1 saturated carbocycles. The van der Waals surface area contributed by atoms with Crippen molar-refractivity contribution in [3.63, 3.8) is 0 Å². The number of amides is 1. The third-order valence-electron chi connectivity index (χ3n) is 6.35. The van der Waals surface area contributed by atoms with Crippen LogP contribution in [-0.4, -0.2) is 34.8 Å². The summed E-state index contributed by atoms with van der Waals surface area (Å²) in [7, 11) is 1.49. The molecule has 1 N–H and O–H groups in total. The second-order valence-corrected chi connectivity index (χ2v) is 9.63. The number of hydrogen-bond donors (Lipinski definition) is 1. The third-order valence-corrected chi connectivity index (χ3v) is 7.64. The zero-order valence-corrected chi connectivity index (χ0v) is 19.3. The fraction of sp³-hybridized carbons (Fsp3) is 0.333. The van der Waals surface area contributed by atoms with E-state index in [-0.39, 0.29) is 17.4 Å². The van der Waals surface area contributed by atoms with Gasteiger partial charge in [0.1, 0.15) is 6.04 Å². The molecule has 1 fully saturated rings. The Morgan fingerprint density at radius 2 is 2.03 bits per heavy atom. The van der Waals surface area contributed by atoms with Gasteiger partial charge in [-0.3, -0.25) is 9.59 Å². The van der Waals surface area contributed by atoms with Gasteiger partial charge in [0.2, 0.25) is 5.78 Å². The number of thiophene rings is 1. The molecule has 0 saturated heterocycles. The first-order valence-electron chi connectivity index (χ1n) is 10.5. The number of benzene rings is 1. The Labute approximate surface area is 194 Å². The molecule has 3 heterocycles. The van der Waals surface area contributed by atoms with Gasteiger partial charge in [0, 0.05) is 27.4 Å². The summed E-state index contributed by atoms with van der Waals surface area (Å²) in [5.74, 6) is -1.06. The summed E-state index contributed by atoms with van der Waals surface area (Å²) in [5, 5.41) is 13.9. The van der Waals surface area contributed by atoms with Crippen molar-refractivity contribution in [2.45, 2.75) is 44.7 Å².